The maximum absolute atomic E-state index is 12.6. The molecule has 2 N–H and O–H groups in total. The SMILES string of the molecule is COc1ccc([C@@H]2[C@H](C(N)=O)N3C=Cc4ccccc4[C@@H]3C2(C#N)C#N)cc1OC. The molecule has 0 unspecified atom stereocenters. The lowest BCUT2D eigenvalue weighted by molar-refractivity contribution is -0.122. The van der Waals surface area contributed by atoms with Crippen molar-refractivity contribution in [3.05, 3.63) is 65.4 Å². The van der Waals surface area contributed by atoms with E-state index < -0.39 is 29.3 Å². The number of benzene rings is 2. The Labute approximate surface area is 174 Å². The Balaban J connectivity index is 1.98. The average Bonchev–Trinajstić information content (AvgIpc) is 3.09. The van der Waals surface area contributed by atoms with Gasteiger partial charge in [0.25, 0.3) is 0 Å². The Kier molecular flexibility index (Phi) is 4.60. The van der Waals surface area contributed by atoms with Gasteiger partial charge in [-0.15, -0.1) is 0 Å². The fourth-order valence-electron chi connectivity index (χ4n) is 4.74. The van der Waals surface area contributed by atoms with Gasteiger partial charge >= 0.3 is 0 Å². The largest absolute Gasteiger partial charge is 0.493 e. The second-order valence-electron chi connectivity index (χ2n) is 7.33. The molecule has 0 aromatic heterocycles. The summed E-state index contributed by atoms with van der Waals surface area (Å²) in [6.07, 6.45) is 3.63. The van der Waals surface area contributed by atoms with Gasteiger partial charge in [0, 0.05) is 12.1 Å². The summed E-state index contributed by atoms with van der Waals surface area (Å²) in [6.45, 7) is 0. The fraction of sp³-hybridized carbons (Fsp3) is 0.261. The third kappa shape index (κ3) is 2.53. The molecule has 2 aromatic rings. The van der Waals surface area contributed by atoms with Gasteiger partial charge in [-0.1, -0.05) is 30.3 Å². The summed E-state index contributed by atoms with van der Waals surface area (Å²) in [4.78, 5) is 14.4. The number of methoxy groups -OCH3 is 2. The van der Waals surface area contributed by atoms with Crippen molar-refractivity contribution in [2.24, 2.45) is 11.1 Å². The molecular weight excluding hydrogens is 380 g/mol. The molecule has 7 nitrogen and oxygen atoms in total. The first-order valence-corrected chi connectivity index (χ1v) is 9.40. The summed E-state index contributed by atoms with van der Waals surface area (Å²) in [7, 11) is 3.03. The predicted octanol–water partition coefficient (Wildman–Crippen LogP) is 2.72. The molecule has 4 rings (SSSR count). The van der Waals surface area contributed by atoms with Gasteiger partial charge in [-0.3, -0.25) is 4.79 Å². The zero-order chi connectivity index (χ0) is 21.5. The zero-order valence-electron chi connectivity index (χ0n) is 16.6. The molecule has 0 aliphatic carbocycles. The number of amides is 1. The average molecular weight is 400 g/mol. The normalized spacial score (nSPS) is 22.9. The van der Waals surface area contributed by atoms with Crippen molar-refractivity contribution in [1.82, 2.24) is 4.90 Å². The molecule has 2 aromatic carbocycles. The minimum absolute atomic E-state index is 0.448. The zero-order valence-corrected chi connectivity index (χ0v) is 16.6. The van der Waals surface area contributed by atoms with Gasteiger partial charge in [-0.05, 0) is 34.9 Å². The Hall–Kier alpha value is -3.97. The number of ether oxygens (including phenoxy) is 2. The van der Waals surface area contributed by atoms with Crippen LogP contribution in [0.5, 0.6) is 11.5 Å². The quantitative estimate of drug-likeness (QED) is 0.844. The number of carbonyl (C=O) groups is 1. The van der Waals surface area contributed by atoms with Crippen molar-refractivity contribution in [2.45, 2.75) is 18.0 Å². The highest BCUT2D eigenvalue weighted by molar-refractivity contribution is 5.84. The lowest BCUT2D eigenvalue weighted by atomic mass is 9.68. The summed E-state index contributed by atoms with van der Waals surface area (Å²) in [6, 6.07) is 15.7. The van der Waals surface area contributed by atoms with Crippen molar-refractivity contribution < 1.29 is 14.3 Å². The van der Waals surface area contributed by atoms with Crippen LogP contribution in [0, 0.1) is 28.1 Å². The highest BCUT2D eigenvalue weighted by Crippen LogP contribution is 2.59. The maximum atomic E-state index is 12.6. The van der Waals surface area contributed by atoms with E-state index in [0.717, 1.165) is 11.1 Å². The van der Waals surface area contributed by atoms with E-state index in [0.29, 0.717) is 17.1 Å². The van der Waals surface area contributed by atoms with Crippen LogP contribution < -0.4 is 15.2 Å². The predicted molar refractivity (Wildman–Crippen MR) is 109 cm³/mol. The second kappa shape index (κ2) is 7.13. The van der Waals surface area contributed by atoms with Gasteiger partial charge in [0.15, 0.2) is 16.9 Å². The van der Waals surface area contributed by atoms with Gasteiger partial charge < -0.3 is 20.1 Å². The van der Waals surface area contributed by atoms with Crippen LogP contribution in [0.2, 0.25) is 0 Å². The van der Waals surface area contributed by atoms with Gasteiger partial charge in [0.05, 0.1) is 32.4 Å². The van der Waals surface area contributed by atoms with Crippen LogP contribution in [0.15, 0.2) is 48.7 Å². The first-order valence-electron chi connectivity index (χ1n) is 9.40. The molecule has 0 bridgehead atoms. The Bertz CT molecular complexity index is 1110. The van der Waals surface area contributed by atoms with Gasteiger partial charge in [0.1, 0.15) is 6.04 Å². The van der Waals surface area contributed by atoms with Crippen LogP contribution in [-0.2, 0) is 4.79 Å². The summed E-state index contributed by atoms with van der Waals surface area (Å²) in [5, 5.41) is 20.6. The third-order valence-corrected chi connectivity index (χ3v) is 6.00. The van der Waals surface area contributed by atoms with Crippen LogP contribution in [-0.4, -0.2) is 31.1 Å². The molecule has 1 amide bonds. The molecule has 2 aliphatic rings. The smallest absolute Gasteiger partial charge is 0.240 e. The van der Waals surface area contributed by atoms with Crippen molar-refractivity contribution in [1.29, 1.82) is 10.5 Å². The van der Waals surface area contributed by atoms with E-state index in [2.05, 4.69) is 12.1 Å². The van der Waals surface area contributed by atoms with Crippen LogP contribution in [0.1, 0.15) is 28.7 Å². The van der Waals surface area contributed by atoms with Gasteiger partial charge in [-0.25, -0.2) is 0 Å². The standard InChI is InChI=1S/C23H20N4O3/c1-29-17-8-7-15(11-18(17)30-2)19-20(22(26)28)27-10-9-14-5-3-4-6-16(14)21(27)23(19,12-24)13-25/h3-11,19-21H,1-2H3,(H2,26,28)/t19-,20-,21-/m1/s1. The Morgan fingerprint density at radius 1 is 1.10 bits per heavy atom. The first kappa shape index (κ1) is 19.4. The molecule has 2 aliphatic heterocycles. The van der Waals surface area contributed by atoms with Crippen LogP contribution >= 0.6 is 0 Å². The summed E-state index contributed by atoms with van der Waals surface area (Å²) >= 11 is 0. The van der Waals surface area contributed by atoms with Crippen LogP contribution in [0.4, 0.5) is 0 Å². The molecule has 1 fully saturated rings. The molecule has 7 heteroatoms. The van der Waals surface area contributed by atoms with E-state index >= 15 is 0 Å². The fourth-order valence-corrected chi connectivity index (χ4v) is 4.74. The molecule has 30 heavy (non-hydrogen) atoms. The number of hydrogen-bond donors (Lipinski definition) is 1. The number of nitrogens with two attached hydrogens (primary N) is 1. The number of fused-ring (bicyclic) bond motifs is 3. The van der Waals surface area contributed by atoms with E-state index in [1.165, 1.54) is 14.2 Å². The van der Waals surface area contributed by atoms with E-state index in [4.69, 9.17) is 15.2 Å². The van der Waals surface area contributed by atoms with E-state index in [-0.39, 0.29) is 0 Å². The maximum Gasteiger partial charge on any atom is 0.240 e. The molecule has 0 spiro atoms. The number of hydrogen-bond acceptors (Lipinski definition) is 6. The van der Waals surface area contributed by atoms with E-state index in [1.54, 1.807) is 29.3 Å². The van der Waals surface area contributed by atoms with Crippen molar-refractivity contribution in [2.75, 3.05) is 14.2 Å². The van der Waals surface area contributed by atoms with Gasteiger partial charge in [0.2, 0.25) is 5.91 Å². The van der Waals surface area contributed by atoms with Crippen molar-refractivity contribution in [3.63, 3.8) is 0 Å². The molecular formula is C23H20N4O3. The Morgan fingerprint density at radius 2 is 1.80 bits per heavy atom. The number of nitriles is 2. The molecule has 3 atom stereocenters. The number of rotatable bonds is 4. The van der Waals surface area contributed by atoms with Crippen LogP contribution in [0.3, 0.4) is 0 Å². The van der Waals surface area contributed by atoms with Crippen molar-refractivity contribution in [3.8, 4) is 23.6 Å². The summed E-state index contributed by atoms with van der Waals surface area (Å²) < 4.78 is 10.7. The topological polar surface area (TPSA) is 112 Å². The lowest BCUT2D eigenvalue weighted by Crippen LogP contribution is -2.41. The molecule has 0 radical (unpaired) electrons. The molecule has 2 heterocycles. The van der Waals surface area contributed by atoms with Crippen molar-refractivity contribution >= 4 is 12.0 Å². The lowest BCUT2D eigenvalue weighted by Gasteiger charge is -2.34. The second-order valence-corrected chi connectivity index (χ2v) is 7.33. The summed E-state index contributed by atoms with van der Waals surface area (Å²) in [5.41, 5.74) is 6.61. The first-order chi connectivity index (χ1) is 14.5. The Morgan fingerprint density at radius 3 is 2.43 bits per heavy atom. The minimum atomic E-state index is -1.54. The highest BCUT2D eigenvalue weighted by atomic mass is 16.5. The number of primary amides is 1. The summed E-state index contributed by atoms with van der Waals surface area (Å²) in [5.74, 6) is -0.428. The number of carbonyl (C=O) groups excluding carboxylic acids is 1. The molecule has 150 valence electrons. The monoisotopic (exact) mass is 400 g/mol. The minimum Gasteiger partial charge on any atom is -0.493 e. The molecule has 0 saturated carbocycles. The third-order valence-electron chi connectivity index (χ3n) is 6.00. The molecule has 1 saturated heterocycles. The highest BCUT2D eigenvalue weighted by Gasteiger charge is 2.63. The van der Waals surface area contributed by atoms with Gasteiger partial charge in [-0.2, -0.15) is 10.5 Å². The van der Waals surface area contributed by atoms with Crippen LogP contribution in [0.25, 0.3) is 6.08 Å². The van der Waals surface area contributed by atoms with E-state index in [9.17, 15) is 15.3 Å². The van der Waals surface area contributed by atoms with E-state index in [1.807, 2.05) is 30.3 Å². The number of nitrogens with zero attached hydrogens (tertiary/aromatic N) is 3.